The number of nitro groups is 1. The quantitative estimate of drug-likeness (QED) is 0.582. The number of nitrogens with zero attached hydrogens (tertiary/aromatic N) is 3. The number of rotatable bonds is 5. The van der Waals surface area contributed by atoms with Gasteiger partial charge in [-0.25, -0.2) is 4.39 Å². The summed E-state index contributed by atoms with van der Waals surface area (Å²) in [6.07, 6.45) is 0.324. The average molecular weight is 387 g/mol. The molecule has 2 aromatic rings. The first-order chi connectivity index (χ1) is 13.4. The van der Waals surface area contributed by atoms with Gasteiger partial charge in [0.25, 0.3) is 5.69 Å². The van der Waals surface area contributed by atoms with Gasteiger partial charge in [0.2, 0.25) is 5.91 Å². The fourth-order valence-corrected chi connectivity index (χ4v) is 3.28. The van der Waals surface area contributed by atoms with E-state index in [1.807, 2.05) is 31.2 Å². The van der Waals surface area contributed by atoms with Gasteiger partial charge in [-0.2, -0.15) is 0 Å². The Hall–Kier alpha value is -3.16. The fourth-order valence-electron chi connectivity index (χ4n) is 3.28. The maximum absolute atomic E-state index is 13.9. The van der Waals surface area contributed by atoms with E-state index in [2.05, 4.69) is 0 Å². The molecule has 2 aromatic carbocycles. The summed E-state index contributed by atoms with van der Waals surface area (Å²) in [5, 5.41) is 11.3. The highest BCUT2D eigenvalue weighted by molar-refractivity contribution is 5.79. The Morgan fingerprint density at radius 1 is 1.18 bits per heavy atom. The van der Waals surface area contributed by atoms with Crippen molar-refractivity contribution in [3.8, 4) is 5.75 Å². The number of nitro benzene ring substituents is 1. The minimum atomic E-state index is -0.773. The van der Waals surface area contributed by atoms with Gasteiger partial charge in [0.05, 0.1) is 24.5 Å². The Kier molecular flexibility index (Phi) is 5.77. The van der Waals surface area contributed by atoms with Crippen LogP contribution in [0.15, 0.2) is 36.4 Å². The van der Waals surface area contributed by atoms with Crippen LogP contribution in [0.3, 0.4) is 0 Å². The lowest BCUT2D eigenvalue weighted by atomic mass is 10.1. The molecule has 0 spiro atoms. The van der Waals surface area contributed by atoms with Crippen LogP contribution < -0.4 is 9.64 Å². The molecule has 1 aliphatic rings. The van der Waals surface area contributed by atoms with Crippen LogP contribution in [0, 0.1) is 22.9 Å². The molecule has 1 aliphatic heterocycles. The molecule has 8 heteroatoms. The maximum Gasteiger partial charge on any atom is 0.295 e. The smallest absolute Gasteiger partial charge is 0.295 e. The molecule has 0 unspecified atom stereocenters. The molecule has 0 aliphatic carbocycles. The number of carbonyl (C=O) groups is 1. The number of carbonyl (C=O) groups excluding carboxylic acids is 1. The minimum absolute atomic E-state index is 0.0229. The molecule has 3 rings (SSSR count). The number of methoxy groups -OCH3 is 1. The standard InChI is InChI=1S/C20H22FN3O4/c1-14-3-5-15(6-4-14)11-20(25)23-9-7-22(8-10-23)17-13-19(28-2)16(21)12-18(17)24(26)27/h3-6,12-13H,7-11H2,1-2H3. The van der Waals surface area contributed by atoms with E-state index in [0.717, 1.165) is 17.2 Å². The van der Waals surface area contributed by atoms with E-state index >= 15 is 0 Å². The van der Waals surface area contributed by atoms with Crippen LogP contribution in [0.1, 0.15) is 11.1 Å². The summed E-state index contributed by atoms with van der Waals surface area (Å²) in [7, 11) is 1.32. The summed E-state index contributed by atoms with van der Waals surface area (Å²) in [6.45, 7) is 3.74. The predicted octanol–water partition coefficient (Wildman–Crippen LogP) is 2.94. The molecule has 0 radical (unpaired) electrons. The summed E-state index contributed by atoms with van der Waals surface area (Å²) in [5.74, 6) is -0.793. The lowest BCUT2D eigenvalue weighted by Gasteiger charge is -2.36. The van der Waals surface area contributed by atoms with Crippen LogP contribution in [0.25, 0.3) is 0 Å². The Balaban J connectivity index is 1.69. The Bertz CT molecular complexity index is 878. The van der Waals surface area contributed by atoms with Crippen molar-refractivity contribution >= 4 is 17.3 Å². The van der Waals surface area contributed by atoms with Crippen molar-refractivity contribution in [3.63, 3.8) is 0 Å². The molecule has 1 saturated heterocycles. The monoisotopic (exact) mass is 387 g/mol. The van der Waals surface area contributed by atoms with E-state index in [4.69, 9.17) is 4.74 Å². The first-order valence-corrected chi connectivity index (χ1v) is 8.99. The van der Waals surface area contributed by atoms with Crippen molar-refractivity contribution in [2.45, 2.75) is 13.3 Å². The number of benzene rings is 2. The van der Waals surface area contributed by atoms with E-state index < -0.39 is 10.7 Å². The summed E-state index contributed by atoms with van der Waals surface area (Å²) >= 11 is 0. The van der Waals surface area contributed by atoms with Gasteiger partial charge < -0.3 is 14.5 Å². The fraction of sp³-hybridized carbons (Fsp3) is 0.350. The van der Waals surface area contributed by atoms with Gasteiger partial charge in [-0.3, -0.25) is 14.9 Å². The molecule has 28 heavy (non-hydrogen) atoms. The second kappa shape index (κ2) is 8.24. The van der Waals surface area contributed by atoms with Gasteiger partial charge in [-0.15, -0.1) is 0 Å². The third kappa shape index (κ3) is 4.21. The van der Waals surface area contributed by atoms with Crippen molar-refractivity contribution in [1.82, 2.24) is 4.90 Å². The molecule has 1 heterocycles. The molecule has 148 valence electrons. The number of amides is 1. The van der Waals surface area contributed by atoms with Crippen molar-refractivity contribution < 1.29 is 18.8 Å². The average Bonchev–Trinajstić information content (AvgIpc) is 2.69. The Labute approximate surface area is 162 Å². The van der Waals surface area contributed by atoms with E-state index in [-0.39, 0.29) is 17.3 Å². The Morgan fingerprint density at radius 3 is 2.39 bits per heavy atom. The number of anilines is 1. The topological polar surface area (TPSA) is 75.9 Å². The molecule has 7 nitrogen and oxygen atoms in total. The number of aryl methyl sites for hydroxylation is 1. The van der Waals surface area contributed by atoms with Crippen LogP contribution in [0.4, 0.5) is 15.8 Å². The highest BCUT2D eigenvalue weighted by Crippen LogP contribution is 2.35. The normalized spacial score (nSPS) is 14.1. The van der Waals surface area contributed by atoms with Crippen LogP contribution in [-0.2, 0) is 11.2 Å². The van der Waals surface area contributed by atoms with Crippen molar-refractivity contribution in [2.24, 2.45) is 0 Å². The maximum atomic E-state index is 13.9. The van der Waals surface area contributed by atoms with Crippen LogP contribution in [0.2, 0.25) is 0 Å². The van der Waals surface area contributed by atoms with Gasteiger partial charge in [0.1, 0.15) is 5.69 Å². The highest BCUT2D eigenvalue weighted by atomic mass is 19.1. The summed E-state index contributed by atoms with van der Waals surface area (Å²) in [5.41, 5.74) is 2.09. The summed E-state index contributed by atoms with van der Waals surface area (Å²) in [4.78, 5) is 26.8. The van der Waals surface area contributed by atoms with Crippen molar-refractivity contribution in [3.05, 3.63) is 63.5 Å². The van der Waals surface area contributed by atoms with Crippen LogP contribution >= 0.6 is 0 Å². The number of hydrogen-bond donors (Lipinski definition) is 0. The van der Waals surface area contributed by atoms with Crippen molar-refractivity contribution in [2.75, 3.05) is 38.2 Å². The SMILES string of the molecule is COc1cc(N2CCN(C(=O)Cc3ccc(C)cc3)CC2)c([N+](=O)[O-])cc1F. The third-order valence-electron chi connectivity index (χ3n) is 4.89. The second-order valence-corrected chi connectivity index (χ2v) is 6.76. The lowest BCUT2D eigenvalue weighted by Crippen LogP contribution is -2.49. The predicted molar refractivity (Wildman–Crippen MR) is 103 cm³/mol. The van der Waals surface area contributed by atoms with Gasteiger partial charge in [0, 0.05) is 32.2 Å². The molecular weight excluding hydrogens is 365 g/mol. The van der Waals surface area contributed by atoms with Gasteiger partial charge in [0.15, 0.2) is 11.6 Å². The molecule has 0 bridgehead atoms. The van der Waals surface area contributed by atoms with E-state index in [9.17, 15) is 19.3 Å². The molecule has 0 aromatic heterocycles. The van der Waals surface area contributed by atoms with Gasteiger partial charge in [-0.1, -0.05) is 29.8 Å². The van der Waals surface area contributed by atoms with E-state index in [1.54, 1.807) is 9.80 Å². The first-order valence-electron chi connectivity index (χ1n) is 8.99. The van der Waals surface area contributed by atoms with Gasteiger partial charge in [-0.05, 0) is 12.5 Å². The summed E-state index contributed by atoms with van der Waals surface area (Å²) in [6, 6.07) is 10.1. The molecule has 1 amide bonds. The minimum Gasteiger partial charge on any atom is -0.494 e. The highest BCUT2D eigenvalue weighted by Gasteiger charge is 2.27. The van der Waals surface area contributed by atoms with E-state index in [1.165, 1.54) is 13.2 Å². The zero-order valence-corrected chi connectivity index (χ0v) is 15.9. The zero-order chi connectivity index (χ0) is 20.3. The molecule has 0 saturated carbocycles. The molecule has 0 N–H and O–H groups in total. The van der Waals surface area contributed by atoms with Gasteiger partial charge >= 0.3 is 0 Å². The number of halogens is 1. The first kappa shape index (κ1) is 19.6. The Morgan fingerprint density at radius 2 is 1.82 bits per heavy atom. The third-order valence-corrected chi connectivity index (χ3v) is 4.89. The largest absolute Gasteiger partial charge is 0.494 e. The lowest BCUT2D eigenvalue weighted by molar-refractivity contribution is -0.384. The number of ether oxygens (including phenoxy) is 1. The number of piperazine rings is 1. The molecule has 0 atom stereocenters. The molecule has 1 fully saturated rings. The zero-order valence-electron chi connectivity index (χ0n) is 15.9. The number of hydrogen-bond acceptors (Lipinski definition) is 5. The second-order valence-electron chi connectivity index (χ2n) is 6.76. The molecular formula is C20H22FN3O4. The van der Waals surface area contributed by atoms with E-state index in [0.29, 0.717) is 38.3 Å². The van der Waals surface area contributed by atoms with Crippen molar-refractivity contribution in [1.29, 1.82) is 0 Å². The summed E-state index contributed by atoms with van der Waals surface area (Å²) < 4.78 is 18.8. The van der Waals surface area contributed by atoms with Crippen LogP contribution in [0.5, 0.6) is 5.75 Å². The van der Waals surface area contributed by atoms with Crippen LogP contribution in [-0.4, -0.2) is 49.0 Å².